The number of pyridine rings is 1. The summed E-state index contributed by atoms with van der Waals surface area (Å²) < 4.78 is 0.248. The van der Waals surface area contributed by atoms with Crippen molar-refractivity contribution in [2.45, 2.75) is 30.4 Å². The molecule has 2 rings (SSSR count). The molecule has 1 saturated carbocycles. The third kappa shape index (κ3) is 3.12. The summed E-state index contributed by atoms with van der Waals surface area (Å²) in [7, 11) is 0. The van der Waals surface area contributed by atoms with E-state index in [1.807, 2.05) is 11.8 Å². The van der Waals surface area contributed by atoms with Crippen LogP contribution in [0.3, 0.4) is 0 Å². The fraction of sp³-hybridized carbons (Fsp3) is 0.538. The minimum absolute atomic E-state index is 0.248. The first kappa shape index (κ1) is 14.0. The molecule has 1 heterocycles. The molecule has 1 amide bonds. The molecule has 1 aliphatic carbocycles. The molecule has 0 spiro atoms. The van der Waals surface area contributed by atoms with E-state index in [-0.39, 0.29) is 4.75 Å². The van der Waals surface area contributed by atoms with Gasteiger partial charge in [0.25, 0.3) is 5.91 Å². The van der Waals surface area contributed by atoms with Crippen molar-refractivity contribution in [3.05, 3.63) is 17.8 Å². The SMILES string of the molecule is CSC1(CNc2ncc(N)cc2C(N)=O)CCCC1. The van der Waals surface area contributed by atoms with Crippen LogP contribution in [0.4, 0.5) is 11.5 Å². The number of hydrogen-bond donors (Lipinski definition) is 3. The minimum atomic E-state index is -0.507. The number of nitrogens with zero attached hydrogens (tertiary/aromatic N) is 1. The van der Waals surface area contributed by atoms with Crippen molar-refractivity contribution in [2.24, 2.45) is 5.73 Å². The molecule has 0 aromatic carbocycles. The molecule has 1 aromatic heterocycles. The van der Waals surface area contributed by atoms with Crippen LogP contribution in [-0.4, -0.2) is 28.4 Å². The van der Waals surface area contributed by atoms with Gasteiger partial charge in [0.1, 0.15) is 5.82 Å². The van der Waals surface area contributed by atoms with Crippen LogP contribution < -0.4 is 16.8 Å². The first-order valence-electron chi connectivity index (χ1n) is 6.41. The van der Waals surface area contributed by atoms with E-state index >= 15 is 0 Å². The van der Waals surface area contributed by atoms with Crippen molar-refractivity contribution >= 4 is 29.2 Å². The lowest BCUT2D eigenvalue weighted by Crippen LogP contribution is -2.31. The number of nitrogen functional groups attached to an aromatic ring is 1. The van der Waals surface area contributed by atoms with Gasteiger partial charge in [-0.15, -0.1) is 0 Å². The molecular formula is C13H20N4OS. The number of amides is 1. The molecule has 0 aliphatic heterocycles. The summed E-state index contributed by atoms with van der Waals surface area (Å²) in [6.07, 6.45) is 8.60. The third-order valence-electron chi connectivity index (χ3n) is 3.70. The van der Waals surface area contributed by atoms with Crippen LogP contribution in [0.2, 0.25) is 0 Å². The van der Waals surface area contributed by atoms with Crippen molar-refractivity contribution in [1.29, 1.82) is 0 Å². The van der Waals surface area contributed by atoms with E-state index < -0.39 is 5.91 Å². The molecule has 19 heavy (non-hydrogen) atoms. The summed E-state index contributed by atoms with van der Waals surface area (Å²) in [4.78, 5) is 15.6. The van der Waals surface area contributed by atoms with Crippen molar-refractivity contribution in [1.82, 2.24) is 4.98 Å². The van der Waals surface area contributed by atoms with Gasteiger partial charge in [-0.1, -0.05) is 12.8 Å². The van der Waals surface area contributed by atoms with Gasteiger partial charge in [-0.2, -0.15) is 11.8 Å². The molecule has 1 fully saturated rings. The molecule has 1 aromatic rings. The zero-order chi connectivity index (χ0) is 13.9. The highest BCUT2D eigenvalue weighted by atomic mass is 32.2. The highest BCUT2D eigenvalue weighted by Gasteiger charge is 2.33. The Balaban J connectivity index is 2.13. The van der Waals surface area contributed by atoms with E-state index in [1.165, 1.54) is 31.9 Å². The average molecular weight is 280 g/mol. The molecule has 1 aliphatic rings. The largest absolute Gasteiger partial charge is 0.397 e. The molecule has 5 nitrogen and oxygen atoms in total. The van der Waals surface area contributed by atoms with Gasteiger partial charge in [0.15, 0.2) is 0 Å². The van der Waals surface area contributed by atoms with Crippen LogP contribution in [0.25, 0.3) is 0 Å². The van der Waals surface area contributed by atoms with Gasteiger partial charge < -0.3 is 16.8 Å². The second kappa shape index (κ2) is 5.69. The second-order valence-electron chi connectivity index (χ2n) is 4.98. The fourth-order valence-corrected chi connectivity index (χ4v) is 3.44. The molecule has 0 saturated heterocycles. The number of hydrogen-bond acceptors (Lipinski definition) is 5. The van der Waals surface area contributed by atoms with Crippen LogP contribution in [0.5, 0.6) is 0 Å². The lowest BCUT2D eigenvalue weighted by molar-refractivity contribution is 0.100. The van der Waals surface area contributed by atoms with Crippen molar-refractivity contribution < 1.29 is 4.79 Å². The molecule has 0 radical (unpaired) electrons. The lowest BCUT2D eigenvalue weighted by Gasteiger charge is -2.27. The number of nitrogens with one attached hydrogen (secondary N) is 1. The summed E-state index contributed by atoms with van der Waals surface area (Å²) in [6, 6.07) is 1.57. The van der Waals surface area contributed by atoms with Crippen LogP contribution >= 0.6 is 11.8 Å². The fourth-order valence-electron chi connectivity index (χ4n) is 2.53. The quantitative estimate of drug-likeness (QED) is 0.765. The molecule has 0 unspecified atom stereocenters. The average Bonchev–Trinajstić information content (AvgIpc) is 2.86. The maximum Gasteiger partial charge on any atom is 0.252 e. The highest BCUT2D eigenvalue weighted by Crippen LogP contribution is 2.40. The monoisotopic (exact) mass is 280 g/mol. The van der Waals surface area contributed by atoms with E-state index in [4.69, 9.17) is 11.5 Å². The smallest absolute Gasteiger partial charge is 0.252 e. The molecular weight excluding hydrogens is 260 g/mol. The van der Waals surface area contributed by atoms with Crippen molar-refractivity contribution in [3.63, 3.8) is 0 Å². The summed E-state index contributed by atoms with van der Waals surface area (Å²) >= 11 is 1.89. The second-order valence-corrected chi connectivity index (χ2v) is 6.25. The van der Waals surface area contributed by atoms with Crippen molar-refractivity contribution in [3.8, 4) is 0 Å². The molecule has 0 bridgehead atoms. The van der Waals surface area contributed by atoms with E-state index in [0.29, 0.717) is 17.1 Å². The Hall–Kier alpha value is -1.43. The summed E-state index contributed by atoms with van der Waals surface area (Å²) in [6.45, 7) is 0.797. The lowest BCUT2D eigenvalue weighted by atomic mass is 10.1. The van der Waals surface area contributed by atoms with E-state index in [2.05, 4.69) is 16.6 Å². The Labute approximate surface area is 117 Å². The van der Waals surface area contributed by atoms with Crippen LogP contribution in [-0.2, 0) is 0 Å². The highest BCUT2D eigenvalue weighted by molar-refractivity contribution is 8.00. The normalized spacial score (nSPS) is 17.3. The summed E-state index contributed by atoms with van der Waals surface area (Å²) in [5, 5.41) is 3.27. The number of primary amides is 1. The van der Waals surface area contributed by atoms with Gasteiger partial charge in [0.05, 0.1) is 17.4 Å². The van der Waals surface area contributed by atoms with Gasteiger partial charge in [0, 0.05) is 11.3 Å². The Morgan fingerprint density at radius 3 is 2.79 bits per heavy atom. The number of nitrogens with two attached hydrogens (primary N) is 2. The molecule has 6 heteroatoms. The van der Waals surface area contributed by atoms with E-state index in [0.717, 1.165) is 6.54 Å². The van der Waals surface area contributed by atoms with Gasteiger partial charge in [0.2, 0.25) is 0 Å². The minimum Gasteiger partial charge on any atom is -0.397 e. The predicted octanol–water partition coefficient (Wildman–Crippen LogP) is 1.85. The van der Waals surface area contributed by atoms with E-state index in [1.54, 1.807) is 6.07 Å². The topological polar surface area (TPSA) is 94.0 Å². The first-order valence-corrected chi connectivity index (χ1v) is 7.63. The van der Waals surface area contributed by atoms with Crippen LogP contribution in [0.15, 0.2) is 12.3 Å². The van der Waals surface area contributed by atoms with Gasteiger partial charge in [-0.3, -0.25) is 4.79 Å². The maximum atomic E-state index is 11.4. The predicted molar refractivity (Wildman–Crippen MR) is 80.4 cm³/mol. The summed E-state index contributed by atoms with van der Waals surface area (Å²) in [5.74, 6) is 0.0222. The number of rotatable bonds is 5. The Kier molecular flexibility index (Phi) is 4.19. The summed E-state index contributed by atoms with van der Waals surface area (Å²) in [5.41, 5.74) is 11.8. The van der Waals surface area contributed by atoms with Gasteiger partial charge >= 0.3 is 0 Å². The maximum absolute atomic E-state index is 11.4. The van der Waals surface area contributed by atoms with Gasteiger partial charge in [-0.05, 0) is 25.2 Å². The number of carbonyl (C=O) groups excluding carboxylic acids is 1. The molecule has 5 N–H and O–H groups in total. The zero-order valence-corrected chi connectivity index (χ0v) is 11.9. The number of thioether (sulfide) groups is 1. The number of anilines is 2. The van der Waals surface area contributed by atoms with E-state index in [9.17, 15) is 4.79 Å². The number of aromatic nitrogens is 1. The van der Waals surface area contributed by atoms with Gasteiger partial charge in [-0.25, -0.2) is 4.98 Å². The Morgan fingerprint density at radius 2 is 2.21 bits per heavy atom. The first-order chi connectivity index (χ1) is 9.06. The Bertz CT molecular complexity index is 472. The zero-order valence-electron chi connectivity index (χ0n) is 11.1. The van der Waals surface area contributed by atoms with Crippen LogP contribution in [0, 0.1) is 0 Å². The van der Waals surface area contributed by atoms with Crippen molar-refractivity contribution in [2.75, 3.05) is 23.9 Å². The Morgan fingerprint density at radius 1 is 1.53 bits per heavy atom. The molecule has 0 atom stereocenters. The molecule has 104 valence electrons. The standard InChI is InChI=1S/C13H20N4OS/c1-19-13(4-2-3-5-13)8-17-12-10(11(15)18)6-9(14)7-16-12/h6-7H,2-5,8,14H2,1H3,(H2,15,18)(H,16,17). The van der Waals surface area contributed by atoms with Crippen LogP contribution in [0.1, 0.15) is 36.0 Å². The third-order valence-corrected chi connectivity index (χ3v) is 5.12. The number of carbonyl (C=O) groups is 1.